The molecule has 0 saturated heterocycles. The van der Waals surface area contributed by atoms with Crippen LogP contribution in [-0.2, 0) is 6.18 Å². The van der Waals surface area contributed by atoms with Gasteiger partial charge in [-0.2, -0.15) is 13.2 Å². The number of alkyl halides is 3. The van der Waals surface area contributed by atoms with Gasteiger partial charge in [-0.25, -0.2) is 14.2 Å². The molecule has 0 saturated carbocycles. The van der Waals surface area contributed by atoms with E-state index in [1.165, 1.54) is 23.5 Å². The van der Waals surface area contributed by atoms with Crippen LogP contribution in [0.3, 0.4) is 0 Å². The number of halogens is 4. The lowest BCUT2D eigenvalue weighted by molar-refractivity contribution is -0.137. The van der Waals surface area contributed by atoms with Crippen LogP contribution in [0.1, 0.15) is 5.56 Å². The van der Waals surface area contributed by atoms with E-state index in [0.717, 1.165) is 43.2 Å². The Morgan fingerprint density at radius 3 is 2.42 bits per heavy atom. The monoisotopic (exact) mass is 561 g/mol. The summed E-state index contributed by atoms with van der Waals surface area (Å²) < 4.78 is 55.3. The average molecular weight is 562 g/mol. The number of benzene rings is 3. The number of nitrogens with zero attached hydrogens (tertiary/aromatic N) is 2. The molecule has 3 aromatic carbocycles. The minimum absolute atomic E-state index is 0.0973. The highest BCUT2D eigenvalue weighted by Gasteiger charge is 2.32. The summed E-state index contributed by atoms with van der Waals surface area (Å²) in [5.41, 5.74) is 14.5. The van der Waals surface area contributed by atoms with E-state index in [9.17, 15) is 22.4 Å². The van der Waals surface area contributed by atoms with Crippen LogP contribution in [0.4, 0.5) is 39.5 Å². The van der Waals surface area contributed by atoms with Gasteiger partial charge in [0, 0.05) is 39.1 Å². The summed E-state index contributed by atoms with van der Waals surface area (Å²) in [6, 6.07) is 15.0. The highest BCUT2D eigenvalue weighted by Crippen LogP contribution is 2.43. The molecular formula is C29H19F4N5OS. The van der Waals surface area contributed by atoms with Gasteiger partial charge in [-0.1, -0.05) is 24.3 Å². The van der Waals surface area contributed by atoms with Crippen molar-refractivity contribution in [1.82, 2.24) is 9.97 Å². The molecule has 11 heteroatoms. The molecule has 0 fully saturated rings. The minimum atomic E-state index is -4.73. The lowest BCUT2D eigenvalue weighted by atomic mass is 10.0. The van der Waals surface area contributed by atoms with Gasteiger partial charge in [0.05, 0.1) is 16.9 Å². The molecule has 5 N–H and O–H groups in total. The molecule has 6 rings (SSSR count). The number of aromatic nitrogens is 2. The third kappa shape index (κ3) is 4.30. The van der Waals surface area contributed by atoms with E-state index in [4.69, 9.17) is 11.5 Å². The summed E-state index contributed by atoms with van der Waals surface area (Å²) in [6.45, 7) is 0. The summed E-state index contributed by atoms with van der Waals surface area (Å²) in [6.07, 6.45) is -1.12. The normalized spacial score (nSPS) is 11.8. The topological polar surface area (TPSA) is 101 Å². The van der Waals surface area contributed by atoms with E-state index in [1.54, 1.807) is 18.3 Å². The predicted molar refractivity (Wildman–Crippen MR) is 150 cm³/mol. The van der Waals surface area contributed by atoms with Gasteiger partial charge in [0.2, 0.25) is 0 Å². The molecule has 3 heterocycles. The molecule has 6 aromatic rings. The van der Waals surface area contributed by atoms with Crippen molar-refractivity contribution >= 4 is 55.5 Å². The third-order valence-electron chi connectivity index (χ3n) is 6.66. The van der Waals surface area contributed by atoms with Crippen molar-refractivity contribution in [1.29, 1.82) is 0 Å². The first-order chi connectivity index (χ1) is 19.1. The van der Waals surface area contributed by atoms with Gasteiger partial charge < -0.3 is 16.5 Å². The molecule has 0 aliphatic carbocycles. The Hall–Kier alpha value is -4.90. The molecule has 0 spiro atoms. The maximum Gasteiger partial charge on any atom is 0.416 e. The van der Waals surface area contributed by atoms with E-state index in [-0.39, 0.29) is 5.69 Å². The van der Waals surface area contributed by atoms with E-state index in [2.05, 4.69) is 9.97 Å². The zero-order valence-electron chi connectivity index (χ0n) is 20.5. The van der Waals surface area contributed by atoms with Crippen LogP contribution in [0.5, 0.6) is 0 Å². The van der Waals surface area contributed by atoms with Gasteiger partial charge in [-0.15, -0.1) is 11.3 Å². The third-order valence-corrected chi connectivity index (χ3v) is 7.68. The van der Waals surface area contributed by atoms with E-state index in [0.29, 0.717) is 28.9 Å². The number of nitrogen functional groups attached to an aromatic ring is 1. The zero-order valence-corrected chi connectivity index (χ0v) is 21.3. The summed E-state index contributed by atoms with van der Waals surface area (Å²) >= 11 is 1.50. The average Bonchev–Trinajstić information content (AvgIpc) is 3.57. The van der Waals surface area contributed by atoms with Gasteiger partial charge in [0.1, 0.15) is 11.6 Å². The second-order valence-corrected chi connectivity index (χ2v) is 9.95. The van der Waals surface area contributed by atoms with Crippen molar-refractivity contribution in [2.75, 3.05) is 10.6 Å². The Bertz CT molecular complexity index is 1910. The fourth-order valence-electron chi connectivity index (χ4n) is 4.74. The first kappa shape index (κ1) is 25.4. The molecule has 0 aliphatic rings. The predicted octanol–water partition coefficient (Wildman–Crippen LogP) is 8.07. The number of nitrogens with one attached hydrogen (secondary N) is 1. The smallest absolute Gasteiger partial charge is 0.383 e. The number of nitrogens with two attached hydrogens (primary N) is 2. The SMILES string of the molecule is NC(=O)N(c1ccc(-c2csc3c(-c4ccc5cc[nH]c5c4)cnc(N)c23)cc1)c1cc(C(F)(F)F)ccc1F. The molecular weight excluding hydrogens is 542 g/mol. The highest BCUT2D eigenvalue weighted by atomic mass is 32.1. The maximum absolute atomic E-state index is 14.6. The Labute approximate surface area is 228 Å². The fraction of sp³-hybridized carbons (Fsp3) is 0.0345. The summed E-state index contributed by atoms with van der Waals surface area (Å²) in [4.78, 5) is 20.6. The molecule has 3 aromatic heterocycles. The molecule has 40 heavy (non-hydrogen) atoms. The standard InChI is InChI=1S/C29H19F4N5OS/c30-22-8-5-18(29(31,32)33)12-24(22)38(28(35)39)19-6-3-15(4-7-19)21-14-40-26-20(13-37-27(34)25(21)26)17-2-1-16-9-10-36-23(16)11-17/h1-14,36H,(H2,34,37)(H2,35,39). The van der Waals surface area contributed by atoms with Gasteiger partial charge >= 0.3 is 12.2 Å². The Morgan fingerprint density at radius 1 is 0.950 bits per heavy atom. The number of rotatable bonds is 4. The number of carbonyl (C=O) groups excluding carboxylic acids is 1. The second kappa shape index (κ2) is 9.38. The number of anilines is 3. The number of thiophene rings is 1. The summed E-state index contributed by atoms with van der Waals surface area (Å²) in [5, 5.41) is 3.77. The number of fused-ring (bicyclic) bond motifs is 2. The van der Waals surface area contributed by atoms with Gasteiger partial charge in [0.15, 0.2) is 0 Å². The van der Waals surface area contributed by atoms with Crippen molar-refractivity contribution in [3.63, 3.8) is 0 Å². The van der Waals surface area contributed by atoms with Crippen LogP contribution in [0, 0.1) is 5.82 Å². The molecule has 0 atom stereocenters. The van der Waals surface area contributed by atoms with Crippen molar-refractivity contribution in [2.24, 2.45) is 5.73 Å². The first-order valence-corrected chi connectivity index (χ1v) is 12.8. The maximum atomic E-state index is 14.6. The number of primary amides is 1. The Balaban J connectivity index is 1.41. The van der Waals surface area contributed by atoms with Gasteiger partial charge in [-0.3, -0.25) is 4.90 Å². The van der Waals surface area contributed by atoms with Crippen molar-refractivity contribution in [2.45, 2.75) is 6.18 Å². The second-order valence-electron chi connectivity index (χ2n) is 9.07. The van der Waals surface area contributed by atoms with Gasteiger partial charge in [-0.05, 0) is 64.4 Å². The molecule has 0 unspecified atom stereocenters. The van der Waals surface area contributed by atoms with Crippen LogP contribution in [0.2, 0.25) is 0 Å². The lowest BCUT2D eigenvalue weighted by Gasteiger charge is -2.22. The van der Waals surface area contributed by atoms with Crippen LogP contribution in [-0.4, -0.2) is 16.0 Å². The number of H-pyrrole nitrogens is 1. The first-order valence-electron chi connectivity index (χ1n) is 11.9. The zero-order chi connectivity index (χ0) is 28.2. The molecule has 0 aliphatic heterocycles. The number of carbonyl (C=O) groups is 1. The van der Waals surface area contributed by atoms with Crippen LogP contribution < -0.4 is 16.4 Å². The quantitative estimate of drug-likeness (QED) is 0.190. The summed E-state index contributed by atoms with van der Waals surface area (Å²) in [7, 11) is 0. The van der Waals surface area contributed by atoms with E-state index in [1.807, 2.05) is 35.8 Å². The van der Waals surface area contributed by atoms with Crippen molar-refractivity contribution in [3.05, 3.63) is 95.9 Å². The number of amides is 2. The molecule has 2 amide bonds. The molecule has 0 bridgehead atoms. The van der Waals surface area contributed by atoms with Crippen molar-refractivity contribution in [3.8, 4) is 22.3 Å². The van der Waals surface area contributed by atoms with Gasteiger partial charge in [0.25, 0.3) is 0 Å². The van der Waals surface area contributed by atoms with Crippen LogP contribution >= 0.6 is 11.3 Å². The molecule has 6 nitrogen and oxygen atoms in total. The van der Waals surface area contributed by atoms with Crippen LogP contribution in [0.25, 0.3) is 43.2 Å². The number of aromatic amines is 1. The molecule has 200 valence electrons. The number of hydrogen-bond donors (Lipinski definition) is 3. The lowest BCUT2D eigenvalue weighted by Crippen LogP contribution is -2.32. The fourth-order valence-corrected chi connectivity index (χ4v) is 5.86. The minimum Gasteiger partial charge on any atom is -0.383 e. The molecule has 0 radical (unpaired) electrons. The number of hydrogen-bond acceptors (Lipinski definition) is 4. The number of pyridine rings is 1. The van der Waals surface area contributed by atoms with E-state index < -0.39 is 29.3 Å². The van der Waals surface area contributed by atoms with Crippen molar-refractivity contribution < 1.29 is 22.4 Å². The number of urea groups is 1. The largest absolute Gasteiger partial charge is 0.416 e. The van der Waals surface area contributed by atoms with Crippen LogP contribution in [0.15, 0.2) is 84.5 Å². The summed E-state index contributed by atoms with van der Waals surface area (Å²) in [5.74, 6) is -0.687. The Morgan fingerprint density at radius 2 is 1.70 bits per heavy atom. The highest BCUT2D eigenvalue weighted by molar-refractivity contribution is 7.18. The Kier molecular flexibility index (Phi) is 5.95. The van der Waals surface area contributed by atoms with E-state index >= 15 is 0 Å².